The summed E-state index contributed by atoms with van der Waals surface area (Å²) in [6, 6.07) is 6.84. The summed E-state index contributed by atoms with van der Waals surface area (Å²) in [6.07, 6.45) is -1.16. The highest BCUT2D eigenvalue weighted by Gasteiger charge is 2.71. The molecule has 0 bridgehead atoms. The Labute approximate surface area is 161 Å². The molecule has 1 aromatic carbocycles. The molecular formula is C19H22O9. The summed E-state index contributed by atoms with van der Waals surface area (Å²) >= 11 is 0. The van der Waals surface area contributed by atoms with E-state index in [4.69, 9.17) is 23.7 Å². The highest BCUT2D eigenvalue weighted by molar-refractivity contribution is 6.09. The second kappa shape index (κ2) is 8.39. The molecule has 0 aromatic heterocycles. The number of aryl methyl sites for hydroxylation is 1. The Bertz CT molecular complexity index is 752. The van der Waals surface area contributed by atoms with Crippen LogP contribution in [0.2, 0.25) is 0 Å². The molecule has 0 N–H and O–H groups in total. The van der Waals surface area contributed by atoms with Crippen LogP contribution >= 0.6 is 0 Å². The first-order chi connectivity index (χ1) is 13.3. The van der Waals surface area contributed by atoms with Crippen LogP contribution < -0.4 is 0 Å². The second-order valence-corrected chi connectivity index (χ2v) is 6.22. The van der Waals surface area contributed by atoms with Gasteiger partial charge in [-0.1, -0.05) is 29.8 Å². The molecule has 2 rings (SSSR count). The van der Waals surface area contributed by atoms with Crippen molar-refractivity contribution >= 4 is 23.9 Å². The lowest BCUT2D eigenvalue weighted by Crippen LogP contribution is -2.56. The van der Waals surface area contributed by atoms with E-state index in [0.717, 1.165) is 34.0 Å². The summed E-state index contributed by atoms with van der Waals surface area (Å²) in [4.78, 5) is 50.5. The van der Waals surface area contributed by atoms with E-state index in [1.807, 2.05) is 6.92 Å². The van der Waals surface area contributed by atoms with Crippen molar-refractivity contribution < 1.29 is 42.9 Å². The first-order valence-electron chi connectivity index (χ1n) is 8.35. The highest BCUT2D eigenvalue weighted by atomic mass is 16.6. The van der Waals surface area contributed by atoms with Crippen molar-refractivity contribution in [1.29, 1.82) is 0 Å². The molecule has 0 aliphatic carbocycles. The summed E-state index contributed by atoms with van der Waals surface area (Å²) in [7, 11) is 4.24. The first kappa shape index (κ1) is 21.4. The van der Waals surface area contributed by atoms with Crippen LogP contribution in [-0.2, 0) is 42.9 Å². The van der Waals surface area contributed by atoms with Gasteiger partial charge in [-0.3, -0.25) is 9.59 Å². The fraction of sp³-hybridized carbons (Fsp3) is 0.474. The smallest absolute Gasteiger partial charge is 0.351 e. The molecule has 28 heavy (non-hydrogen) atoms. The summed E-state index contributed by atoms with van der Waals surface area (Å²) in [5.74, 6) is -7.25. The molecular weight excluding hydrogens is 372 g/mol. The van der Waals surface area contributed by atoms with Crippen molar-refractivity contribution in [3.63, 3.8) is 0 Å². The lowest BCUT2D eigenvalue weighted by atomic mass is 9.77. The highest BCUT2D eigenvalue weighted by Crippen LogP contribution is 2.50. The predicted octanol–water partition coefficient (Wildman–Crippen LogP) is 0.730. The molecule has 1 aliphatic heterocycles. The standard InChI is InChI=1S/C19H22O9/c1-10-6-8-11(9-7-10)14-12(15(20)24-2)13(16(21)25-3)19(28-14,17(22)26-4)18(23)27-5/h6-9,12-14H,1-5H3/t12-,13+,14+/m0/s1. The van der Waals surface area contributed by atoms with E-state index in [1.165, 1.54) is 0 Å². The quantitative estimate of drug-likeness (QED) is 0.405. The molecule has 0 amide bonds. The molecule has 1 fully saturated rings. The van der Waals surface area contributed by atoms with Crippen LogP contribution in [-0.4, -0.2) is 57.9 Å². The third kappa shape index (κ3) is 3.33. The van der Waals surface area contributed by atoms with Crippen molar-refractivity contribution in [3.05, 3.63) is 35.4 Å². The third-order valence-electron chi connectivity index (χ3n) is 4.75. The Balaban J connectivity index is 2.75. The zero-order valence-electron chi connectivity index (χ0n) is 16.2. The lowest BCUT2D eigenvalue weighted by molar-refractivity contribution is -0.194. The lowest BCUT2D eigenvalue weighted by Gasteiger charge is -2.27. The largest absolute Gasteiger partial charge is 0.469 e. The van der Waals surface area contributed by atoms with Gasteiger partial charge in [-0.25, -0.2) is 9.59 Å². The molecule has 3 atom stereocenters. The number of benzene rings is 1. The number of carbonyl (C=O) groups is 4. The maximum absolute atomic E-state index is 12.6. The molecule has 0 saturated carbocycles. The first-order valence-corrected chi connectivity index (χ1v) is 8.35. The van der Waals surface area contributed by atoms with Crippen LogP contribution in [0.25, 0.3) is 0 Å². The molecule has 0 radical (unpaired) electrons. The Morgan fingerprint density at radius 1 is 0.821 bits per heavy atom. The van der Waals surface area contributed by atoms with Gasteiger partial charge in [0.2, 0.25) is 0 Å². The van der Waals surface area contributed by atoms with Crippen molar-refractivity contribution in [1.82, 2.24) is 0 Å². The normalized spacial score (nSPS) is 22.8. The molecule has 1 saturated heterocycles. The molecule has 1 aliphatic rings. The minimum Gasteiger partial charge on any atom is -0.469 e. The van der Waals surface area contributed by atoms with Gasteiger partial charge in [0, 0.05) is 0 Å². The molecule has 9 nitrogen and oxygen atoms in total. The maximum Gasteiger partial charge on any atom is 0.351 e. The van der Waals surface area contributed by atoms with Gasteiger partial charge in [-0.05, 0) is 12.5 Å². The van der Waals surface area contributed by atoms with Crippen LogP contribution in [0.15, 0.2) is 24.3 Å². The van der Waals surface area contributed by atoms with Crippen molar-refractivity contribution in [2.75, 3.05) is 28.4 Å². The summed E-state index contributed by atoms with van der Waals surface area (Å²) < 4.78 is 24.8. The molecule has 0 spiro atoms. The zero-order chi connectivity index (χ0) is 21.1. The number of rotatable bonds is 5. The average molecular weight is 394 g/mol. The summed E-state index contributed by atoms with van der Waals surface area (Å²) in [5.41, 5.74) is -1.12. The van der Waals surface area contributed by atoms with E-state index in [2.05, 4.69) is 0 Å². The number of carbonyl (C=O) groups excluding carboxylic acids is 4. The van der Waals surface area contributed by atoms with E-state index in [0.29, 0.717) is 5.56 Å². The van der Waals surface area contributed by atoms with Gasteiger partial charge in [0.15, 0.2) is 0 Å². The van der Waals surface area contributed by atoms with Gasteiger partial charge in [0.05, 0.1) is 34.5 Å². The van der Waals surface area contributed by atoms with Crippen LogP contribution in [0.3, 0.4) is 0 Å². The SMILES string of the molecule is COC(=O)[C@@H]1[C@@H](c2ccc(C)cc2)OC(C(=O)OC)(C(=O)OC)[C@H]1C(=O)OC. The van der Waals surface area contributed by atoms with E-state index in [-0.39, 0.29) is 0 Å². The maximum atomic E-state index is 12.6. The predicted molar refractivity (Wildman–Crippen MR) is 92.8 cm³/mol. The van der Waals surface area contributed by atoms with Gasteiger partial charge in [-0.2, -0.15) is 0 Å². The Kier molecular flexibility index (Phi) is 6.40. The minimum atomic E-state index is -2.52. The van der Waals surface area contributed by atoms with Crippen molar-refractivity contribution in [3.8, 4) is 0 Å². The zero-order valence-corrected chi connectivity index (χ0v) is 16.2. The van der Waals surface area contributed by atoms with Crippen LogP contribution in [0.5, 0.6) is 0 Å². The molecule has 1 aromatic rings. The Morgan fingerprint density at radius 3 is 1.75 bits per heavy atom. The Morgan fingerprint density at radius 2 is 1.32 bits per heavy atom. The third-order valence-corrected chi connectivity index (χ3v) is 4.75. The summed E-state index contributed by atoms with van der Waals surface area (Å²) in [5, 5.41) is 0. The molecule has 9 heteroatoms. The topological polar surface area (TPSA) is 114 Å². The molecule has 1 heterocycles. The monoisotopic (exact) mass is 394 g/mol. The number of hydrogen-bond donors (Lipinski definition) is 0. The van der Waals surface area contributed by atoms with E-state index in [9.17, 15) is 19.2 Å². The summed E-state index contributed by atoms with van der Waals surface area (Å²) in [6.45, 7) is 1.86. The number of hydrogen-bond acceptors (Lipinski definition) is 9. The van der Waals surface area contributed by atoms with Gasteiger partial charge in [-0.15, -0.1) is 0 Å². The number of esters is 4. The van der Waals surface area contributed by atoms with Crippen molar-refractivity contribution in [2.24, 2.45) is 11.8 Å². The number of methoxy groups -OCH3 is 4. The van der Waals surface area contributed by atoms with Gasteiger partial charge >= 0.3 is 23.9 Å². The average Bonchev–Trinajstić information content (AvgIpc) is 3.09. The fourth-order valence-electron chi connectivity index (χ4n) is 3.38. The fourth-order valence-corrected chi connectivity index (χ4v) is 3.38. The van der Waals surface area contributed by atoms with Gasteiger partial charge in [0.1, 0.15) is 11.8 Å². The molecule has 0 unspecified atom stereocenters. The van der Waals surface area contributed by atoms with E-state index < -0.39 is 47.4 Å². The van der Waals surface area contributed by atoms with Crippen LogP contribution in [0.1, 0.15) is 17.2 Å². The van der Waals surface area contributed by atoms with Crippen molar-refractivity contribution in [2.45, 2.75) is 18.6 Å². The van der Waals surface area contributed by atoms with Crippen LogP contribution in [0.4, 0.5) is 0 Å². The van der Waals surface area contributed by atoms with E-state index >= 15 is 0 Å². The Hall–Kier alpha value is -2.94. The van der Waals surface area contributed by atoms with Gasteiger partial charge < -0.3 is 23.7 Å². The van der Waals surface area contributed by atoms with Crippen LogP contribution in [0, 0.1) is 18.8 Å². The van der Waals surface area contributed by atoms with Gasteiger partial charge in [0.25, 0.3) is 5.60 Å². The minimum absolute atomic E-state index is 0.463. The van der Waals surface area contributed by atoms with E-state index in [1.54, 1.807) is 24.3 Å². The number of ether oxygens (including phenoxy) is 5. The molecule has 152 valence electrons. The second-order valence-electron chi connectivity index (χ2n) is 6.22.